The first kappa shape index (κ1) is 20.3. The van der Waals surface area contributed by atoms with Crippen molar-refractivity contribution in [1.29, 1.82) is 0 Å². The van der Waals surface area contributed by atoms with Gasteiger partial charge in [-0.2, -0.15) is 5.10 Å². The number of hydrogen-bond donors (Lipinski definition) is 2. The molecule has 1 aliphatic rings. The Morgan fingerprint density at radius 2 is 1.91 bits per heavy atom. The third-order valence-corrected chi connectivity index (χ3v) is 6.28. The highest BCUT2D eigenvalue weighted by atomic mass is 35.5. The van der Waals surface area contributed by atoms with Crippen molar-refractivity contribution in [3.8, 4) is 22.4 Å². The van der Waals surface area contributed by atoms with Crippen LogP contribution < -0.4 is 5.73 Å². The highest BCUT2D eigenvalue weighted by molar-refractivity contribution is 6.35. The minimum atomic E-state index is -0.866. The summed E-state index contributed by atoms with van der Waals surface area (Å²) in [5.41, 5.74) is 9.45. The van der Waals surface area contributed by atoms with Crippen LogP contribution in [0.5, 0.6) is 0 Å². The van der Waals surface area contributed by atoms with Gasteiger partial charge in [-0.3, -0.25) is 9.67 Å². The second-order valence-corrected chi connectivity index (χ2v) is 8.30. The van der Waals surface area contributed by atoms with Crippen LogP contribution in [-0.4, -0.2) is 48.9 Å². The predicted octanol–water partition coefficient (Wildman–Crippen LogP) is 4.71. The van der Waals surface area contributed by atoms with Crippen LogP contribution in [0.4, 0.5) is 10.6 Å². The number of hydrogen-bond acceptors (Lipinski definition) is 5. The summed E-state index contributed by atoms with van der Waals surface area (Å²) < 4.78 is 1.92. The molecule has 1 aliphatic heterocycles. The van der Waals surface area contributed by atoms with Gasteiger partial charge in [0.1, 0.15) is 5.82 Å². The maximum absolute atomic E-state index is 11.1. The lowest BCUT2D eigenvalue weighted by Gasteiger charge is -2.30. The van der Waals surface area contributed by atoms with E-state index in [0.29, 0.717) is 23.9 Å². The molecule has 9 heteroatoms. The summed E-state index contributed by atoms with van der Waals surface area (Å²) in [7, 11) is 0. The summed E-state index contributed by atoms with van der Waals surface area (Å²) in [5, 5.41) is 16.2. The number of fused-ring (bicyclic) bond motifs is 1. The number of rotatable bonds is 3. The number of benzene rings is 1. The van der Waals surface area contributed by atoms with E-state index in [1.165, 1.54) is 4.90 Å². The zero-order chi connectivity index (χ0) is 22.2. The van der Waals surface area contributed by atoms with Gasteiger partial charge in [-0.15, -0.1) is 0 Å². The fourth-order valence-corrected chi connectivity index (χ4v) is 4.36. The number of likely N-dealkylation sites (tertiary alicyclic amines) is 1. The number of carbonyl (C=O) groups is 1. The number of nitrogens with two attached hydrogens (primary N) is 1. The number of anilines is 1. The van der Waals surface area contributed by atoms with Gasteiger partial charge >= 0.3 is 6.09 Å². The van der Waals surface area contributed by atoms with Crippen molar-refractivity contribution in [3.05, 3.63) is 60.1 Å². The Bertz CT molecular complexity index is 1310. The molecule has 4 heterocycles. The Balaban J connectivity index is 1.43. The number of halogens is 1. The van der Waals surface area contributed by atoms with E-state index < -0.39 is 6.09 Å². The van der Waals surface area contributed by atoms with Gasteiger partial charge < -0.3 is 15.7 Å². The molecule has 32 heavy (non-hydrogen) atoms. The molecule has 5 rings (SSSR count). The molecule has 1 saturated heterocycles. The third-order valence-electron chi connectivity index (χ3n) is 5.95. The van der Waals surface area contributed by atoms with Crippen molar-refractivity contribution in [2.45, 2.75) is 18.9 Å². The molecular weight excluding hydrogens is 428 g/mol. The third kappa shape index (κ3) is 3.73. The molecule has 0 radical (unpaired) electrons. The van der Waals surface area contributed by atoms with E-state index in [2.05, 4.69) is 15.1 Å². The Hall–Kier alpha value is -3.65. The van der Waals surface area contributed by atoms with Gasteiger partial charge in [0, 0.05) is 58.8 Å². The first-order valence-corrected chi connectivity index (χ1v) is 10.7. The van der Waals surface area contributed by atoms with Crippen LogP contribution >= 0.6 is 11.6 Å². The van der Waals surface area contributed by atoms with Crippen LogP contribution in [0, 0.1) is 0 Å². The zero-order valence-electron chi connectivity index (χ0n) is 17.1. The Morgan fingerprint density at radius 1 is 1.09 bits per heavy atom. The predicted molar refractivity (Wildman–Crippen MR) is 123 cm³/mol. The molecule has 4 aromatic rings. The first-order chi connectivity index (χ1) is 15.5. The molecule has 1 amide bonds. The molecule has 0 saturated carbocycles. The van der Waals surface area contributed by atoms with Crippen molar-refractivity contribution in [2.24, 2.45) is 0 Å². The molecule has 162 valence electrons. The van der Waals surface area contributed by atoms with Crippen LogP contribution in [0.2, 0.25) is 5.02 Å². The van der Waals surface area contributed by atoms with Crippen LogP contribution in [0.25, 0.3) is 33.2 Å². The van der Waals surface area contributed by atoms with Gasteiger partial charge in [-0.05, 0) is 36.4 Å². The molecule has 3 aromatic heterocycles. The molecule has 0 spiro atoms. The lowest BCUT2D eigenvalue weighted by Crippen LogP contribution is -2.38. The Kier molecular flexibility index (Phi) is 5.14. The normalized spacial score (nSPS) is 14.7. The minimum Gasteiger partial charge on any atom is -0.465 e. The standard InChI is InChI=1S/C23H21ClN6O2/c24-20-3-1-2-14-9-21(26-12-19(14)20)18-8-15(10-27-22(18)25)16-11-28-30(13-16)17-4-6-29(7-5-17)23(31)32/h1-3,8-13,17H,4-7H2,(H2,25,27)(H,31,32). The number of nitrogens with zero attached hydrogens (tertiary/aromatic N) is 5. The summed E-state index contributed by atoms with van der Waals surface area (Å²) in [6.45, 7) is 1.03. The fourth-order valence-electron chi connectivity index (χ4n) is 4.13. The van der Waals surface area contributed by atoms with Gasteiger partial charge in [0.25, 0.3) is 0 Å². The molecule has 1 aromatic carbocycles. The van der Waals surface area contributed by atoms with E-state index >= 15 is 0 Å². The number of amides is 1. The summed E-state index contributed by atoms with van der Waals surface area (Å²) in [4.78, 5) is 21.5. The number of carboxylic acid groups (broad SMARTS) is 1. The minimum absolute atomic E-state index is 0.174. The van der Waals surface area contributed by atoms with Gasteiger partial charge in [0.05, 0.1) is 17.9 Å². The van der Waals surface area contributed by atoms with E-state index in [4.69, 9.17) is 22.4 Å². The average molecular weight is 449 g/mol. The van der Waals surface area contributed by atoms with E-state index in [1.807, 2.05) is 41.2 Å². The van der Waals surface area contributed by atoms with Crippen molar-refractivity contribution >= 4 is 34.3 Å². The van der Waals surface area contributed by atoms with Crippen molar-refractivity contribution in [2.75, 3.05) is 18.8 Å². The summed E-state index contributed by atoms with van der Waals surface area (Å²) in [5.74, 6) is 0.399. The van der Waals surface area contributed by atoms with Crippen LogP contribution in [0.1, 0.15) is 18.9 Å². The maximum atomic E-state index is 11.1. The maximum Gasteiger partial charge on any atom is 0.407 e. The summed E-state index contributed by atoms with van der Waals surface area (Å²) >= 11 is 6.26. The number of aromatic nitrogens is 4. The van der Waals surface area contributed by atoms with Crippen LogP contribution in [-0.2, 0) is 0 Å². The average Bonchev–Trinajstić information content (AvgIpc) is 3.30. The Morgan fingerprint density at radius 3 is 2.69 bits per heavy atom. The van der Waals surface area contributed by atoms with E-state index in [0.717, 1.165) is 46.0 Å². The van der Waals surface area contributed by atoms with Gasteiger partial charge in [0.15, 0.2) is 0 Å². The molecule has 3 N–H and O–H groups in total. The lowest BCUT2D eigenvalue weighted by atomic mass is 10.0. The highest BCUT2D eigenvalue weighted by Crippen LogP contribution is 2.32. The Labute approximate surface area is 189 Å². The summed E-state index contributed by atoms with van der Waals surface area (Å²) in [6.07, 6.45) is 7.87. The molecule has 0 atom stereocenters. The molecule has 0 aliphatic carbocycles. The van der Waals surface area contributed by atoms with Crippen molar-refractivity contribution in [1.82, 2.24) is 24.6 Å². The lowest BCUT2D eigenvalue weighted by molar-refractivity contribution is 0.124. The quantitative estimate of drug-likeness (QED) is 0.469. The number of piperidine rings is 1. The zero-order valence-corrected chi connectivity index (χ0v) is 17.9. The van der Waals surface area contributed by atoms with Gasteiger partial charge in [-0.1, -0.05) is 23.7 Å². The van der Waals surface area contributed by atoms with Crippen LogP contribution in [0.3, 0.4) is 0 Å². The van der Waals surface area contributed by atoms with E-state index in [-0.39, 0.29) is 6.04 Å². The van der Waals surface area contributed by atoms with Crippen molar-refractivity contribution in [3.63, 3.8) is 0 Å². The largest absolute Gasteiger partial charge is 0.465 e. The van der Waals surface area contributed by atoms with Crippen molar-refractivity contribution < 1.29 is 9.90 Å². The summed E-state index contributed by atoms with van der Waals surface area (Å²) in [6, 6.07) is 9.83. The molecule has 8 nitrogen and oxygen atoms in total. The first-order valence-electron chi connectivity index (χ1n) is 10.3. The van der Waals surface area contributed by atoms with E-state index in [9.17, 15) is 4.79 Å². The van der Waals surface area contributed by atoms with E-state index in [1.54, 1.807) is 18.6 Å². The smallest absolute Gasteiger partial charge is 0.407 e. The molecule has 0 unspecified atom stereocenters. The molecule has 1 fully saturated rings. The van der Waals surface area contributed by atoms with Gasteiger partial charge in [-0.25, -0.2) is 9.78 Å². The van der Waals surface area contributed by atoms with Crippen LogP contribution in [0.15, 0.2) is 55.1 Å². The number of pyridine rings is 2. The molecular formula is C23H21ClN6O2. The highest BCUT2D eigenvalue weighted by Gasteiger charge is 2.24. The number of nitrogen functional groups attached to an aromatic ring is 1. The monoisotopic (exact) mass is 448 g/mol. The van der Waals surface area contributed by atoms with Gasteiger partial charge in [0.2, 0.25) is 0 Å². The second kappa shape index (κ2) is 8.12. The SMILES string of the molecule is Nc1ncc(-c2cnn(C3CCN(C(=O)O)CC3)c2)cc1-c1cc2cccc(Cl)c2cn1. The fraction of sp³-hybridized carbons (Fsp3) is 0.217. The topological polar surface area (TPSA) is 110 Å². The second-order valence-electron chi connectivity index (χ2n) is 7.90. The molecule has 0 bridgehead atoms.